The number of H-pyrrole nitrogens is 1. The lowest BCUT2D eigenvalue weighted by Crippen LogP contribution is -1.91. The van der Waals surface area contributed by atoms with Crippen molar-refractivity contribution in [2.45, 2.75) is 19.3 Å². The molecule has 2 aromatic rings. The minimum atomic E-state index is 1.21. The molecule has 0 spiro atoms. The number of benzene rings is 1. The Labute approximate surface area is 83.8 Å². The van der Waals surface area contributed by atoms with Gasteiger partial charge in [-0.2, -0.15) is 0 Å². The van der Waals surface area contributed by atoms with Gasteiger partial charge in [-0.25, -0.2) is 0 Å². The molecule has 0 aliphatic heterocycles. The number of hydrogen-bond donors (Lipinski definition) is 1. The molecular weight excluding hydrogens is 170 g/mol. The maximum absolute atomic E-state index is 3.51. The Morgan fingerprint density at radius 1 is 1.00 bits per heavy atom. The molecule has 1 N–H and O–H groups in total. The van der Waals surface area contributed by atoms with Gasteiger partial charge in [0.15, 0.2) is 0 Å². The summed E-state index contributed by atoms with van der Waals surface area (Å²) < 4.78 is 0. The molecule has 0 atom stereocenters. The van der Waals surface area contributed by atoms with E-state index in [4.69, 9.17) is 0 Å². The molecule has 1 heterocycles. The molecule has 70 valence electrons. The van der Waals surface area contributed by atoms with Crippen LogP contribution < -0.4 is 0 Å². The molecule has 0 saturated heterocycles. The molecule has 0 unspecified atom stereocenters. The van der Waals surface area contributed by atoms with E-state index in [1.165, 1.54) is 41.8 Å². The molecule has 0 amide bonds. The van der Waals surface area contributed by atoms with Crippen molar-refractivity contribution >= 4 is 0 Å². The van der Waals surface area contributed by atoms with Gasteiger partial charge in [-0.15, -0.1) is 0 Å². The second kappa shape index (κ2) is 3.02. The van der Waals surface area contributed by atoms with E-state index in [2.05, 4.69) is 41.4 Å². The van der Waals surface area contributed by atoms with Gasteiger partial charge in [0, 0.05) is 11.4 Å². The van der Waals surface area contributed by atoms with E-state index >= 15 is 0 Å². The van der Waals surface area contributed by atoms with Gasteiger partial charge in [0.2, 0.25) is 0 Å². The molecule has 1 nitrogen and oxygen atoms in total. The normalized spacial score (nSPS) is 14.3. The Balaban J connectivity index is 2.13. The zero-order valence-electron chi connectivity index (χ0n) is 8.09. The minimum absolute atomic E-state index is 1.21. The van der Waals surface area contributed by atoms with Gasteiger partial charge >= 0.3 is 0 Å². The van der Waals surface area contributed by atoms with Gasteiger partial charge in [-0.05, 0) is 36.5 Å². The first kappa shape index (κ1) is 7.86. The van der Waals surface area contributed by atoms with Crippen molar-refractivity contribution in [1.82, 2.24) is 4.98 Å². The summed E-state index contributed by atoms with van der Waals surface area (Å²) in [5.41, 5.74) is 5.52. The molecule has 0 radical (unpaired) electrons. The van der Waals surface area contributed by atoms with E-state index in [9.17, 15) is 0 Å². The van der Waals surface area contributed by atoms with E-state index in [1.807, 2.05) is 0 Å². The summed E-state index contributed by atoms with van der Waals surface area (Å²) in [6.07, 6.45) is 3.73. The lowest BCUT2D eigenvalue weighted by atomic mass is 10.00. The fourth-order valence-corrected chi connectivity index (χ4v) is 2.22. The van der Waals surface area contributed by atoms with Crippen LogP contribution in [0, 0.1) is 0 Å². The SMILES string of the molecule is c1ccc(-c2[nH]c3cc2CCC3)cc1. The van der Waals surface area contributed by atoms with Crippen molar-refractivity contribution in [1.29, 1.82) is 0 Å². The topological polar surface area (TPSA) is 15.8 Å². The first-order valence-electron chi connectivity index (χ1n) is 5.20. The number of rotatable bonds is 1. The highest BCUT2D eigenvalue weighted by Gasteiger charge is 2.13. The van der Waals surface area contributed by atoms with Crippen LogP contribution in [0.25, 0.3) is 11.3 Å². The van der Waals surface area contributed by atoms with Gasteiger partial charge in [0.1, 0.15) is 0 Å². The monoisotopic (exact) mass is 183 g/mol. The second-order valence-electron chi connectivity index (χ2n) is 3.91. The van der Waals surface area contributed by atoms with Crippen LogP contribution in [-0.2, 0) is 12.8 Å². The summed E-state index contributed by atoms with van der Waals surface area (Å²) in [5.74, 6) is 0. The number of aromatic nitrogens is 1. The summed E-state index contributed by atoms with van der Waals surface area (Å²) in [6, 6.07) is 12.9. The zero-order chi connectivity index (χ0) is 9.38. The lowest BCUT2D eigenvalue weighted by Gasteiger charge is -2.03. The molecular formula is C13H13N. The predicted octanol–water partition coefficient (Wildman–Crippen LogP) is 3.17. The van der Waals surface area contributed by atoms with Crippen molar-refractivity contribution in [2.24, 2.45) is 0 Å². The van der Waals surface area contributed by atoms with Crippen molar-refractivity contribution in [3.8, 4) is 11.3 Å². The van der Waals surface area contributed by atoms with Gasteiger partial charge in [-0.1, -0.05) is 30.3 Å². The summed E-state index contributed by atoms with van der Waals surface area (Å²) in [6.45, 7) is 0. The molecule has 3 rings (SSSR count). The van der Waals surface area contributed by atoms with Crippen molar-refractivity contribution < 1.29 is 0 Å². The van der Waals surface area contributed by atoms with Crippen molar-refractivity contribution in [3.63, 3.8) is 0 Å². The average molecular weight is 183 g/mol. The highest BCUT2D eigenvalue weighted by atomic mass is 14.7. The number of hydrogen-bond acceptors (Lipinski definition) is 0. The molecule has 2 bridgehead atoms. The summed E-state index contributed by atoms with van der Waals surface area (Å²) >= 11 is 0. The second-order valence-corrected chi connectivity index (χ2v) is 3.91. The van der Waals surface area contributed by atoms with Crippen LogP contribution in [0.5, 0.6) is 0 Å². The maximum Gasteiger partial charge on any atom is 0.0488 e. The molecule has 1 heteroatoms. The largest absolute Gasteiger partial charge is 0.358 e. The fourth-order valence-electron chi connectivity index (χ4n) is 2.22. The summed E-state index contributed by atoms with van der Waals surface area (Å²) in [5, 5.41) is 0. The third kappa shape index (κ3) is 1.17. The minimum Gasteiger partial charge on any atom is -0.358 e. The zero-order valence-corrected chi connectivity index (χ0v) is 8.09. The van der Waals surface area contributed by atoms with Crippen LogP contribution in [-0.4, -0.2) is 4.98 Å². The Bertz CT molecular complexity index is 440. The van der Waals surface area contributed by atoms with Crippen LogP contribution in [0.3, 0.4) is 0 Å². The number of nitrogens with one attached hydrogen (secondary N) is 1. The smallest absolute Gasteiger partial charge is 0.0488 e. The van der Waals surface area contributed by atoms with Crippen molar-refractivity contribution in [3.05, 3.63) is 47.7 Å². The van der Waals surface area contributed by atoms with Gasteiger partial charge in [0.25, 0.3) is 0 Å². The van der Waals surface area contributed by atoms with Gasteiger partial charge in [0.05, 0.1) is 0 Å². The molecule has 1 aliphatic rings. The van der Waals surface area contributed by atoms with E-state index < -0.39 is 0 Å². The number of aryl methyl sites for hydroxylation is 2. The average Bonchev–Trinajstić information content (AvgIpc) is 2.55. The number of fused-ring (bicyclic) bond motifs is 2. The molecule has 14 heavy (non-hydrogen) atoms. The number of aromatic amines is 1. The predicted molar refractivity (Wildman–Crippen MR) is 58.3 cm³/mol. The first-order chi connectivity index (χ1) is 6.93. The standard InChI is InChI=1S/C13H13N/c1-2-5-10(6-3-1)13-11-7-4-8-12(9-11)14-13/h1-3,5-6,9,14H,4,7-8H2. The molecule has 0 fully saturated rings. The van der Waals surface area contributed by atoms with Gasteiger partial charge in [-0.3, -0.25) is 0 Å². The fraction of sp³-hybridized carbons (Fsp3) is 0.231. The van der Waals surface area contributed by atoms with Gasteiger partial charge < -0.3 is 4.98 Å². The van der Waals surface area contributed by atoms with E-state index in [1.54, 1.807) is 0 Å². The molecule has 0 saturated carbocycles. The third-order valence-corrected chi connectivity index (χ3v) is 2.91. The molecule has 1 aromatic carbocycles. The van der Waals surface area contributed by atoms with Crippen LogP contribution in [0.1, 0.15) is 17.7 Å². The van der Waals surface area contributed by atoms with E-state index in [0.29, 0.717) is 0 Å². The van der Waals surface area contributed by atoms with Crippen LogP contribution in [0.2, 0.25) is 0 Å². The Morgan fingerprint density at radius 2 is 1.86 bits per heavy atom. The van der Waals surface area contributed by atoms with Crippen LogP contribution in [0.4, 0.5) is 0 Å². The summed E-state index contributed by atoms with van der Waals surface area (Å²) in [4.78, 5) is 3.51. The quantitative estimate of drug-likeness (QED) is 0.699. The molecule has 1 aliphatic carbocycles. The Kier molecular flexibility index (Phi) is 1.69. The van der Waals surface area contributed by atoms with E-state index in [0.717, 1.165) is 0 Å². The first-order valence-corrected chi connectivity index (χ1v) is 5.20. The Morgan fingerprint density at radius 3 is 2.64 bits per heavy atom. The highest BCUT2D eigenvalue weighted by molar-refractivity contribution is 5.64. The van der Waals surface area contributed by atoms with Crippen LogP contribution >= 0.6 is 0 Å². The maximum atomic E-state index is 3.51. The lowest BCUT2D eigenvalue weighted by molar-refractivity contribution is 0.796. The Hall–Kier alpha value is -1.50. The highest BCUT2D eigenvalue weighted by Crippen LogP contribution is 2.28. The van der Waals surface area contributed by atoms with E-state index in [-0.39, 0.29) is 0 Å². The summed E-state index contributed by atoms with van der Waals surface area (Å²) in [7, 11) is 0. The molecule has 1 aromatic heterocycles. The third-order valence-electron chi connectivity index (χ3n) is 2.91. The van der Waals surface area contributed by atoms with Crippen LogP contribution in [0.15, 0.2) is 36.4 Å². The van der Waals surface area contributed by atoms with Crippen molar-refractivity contribution in [2.75, 3.05) is 0 Å².